The van der Waals surface area contributed by atoms with Crippen molar-refractivity contribution in [1.82, 2.24) is 14.3 Å². The average Bonchev–Trinajstić information content (AvgIpc) is 3.03. The van der Waals surface area contributed by atoms with Crippen LogP contribution < -0.4 is 5.32 Å². The van der Waals surface area contributed by atoms with Crippen LogP contribution in [0.5, 0.6) is 0 Å². The van der Waals surface area contributed by atoms with Crippen LogP contribution in [-0.2, 0) is 13.6 Å². The maximum Gasteiger partial charge on any atom is 0.256 e. The lowest BCUT2D eigenvalue weighted by Gasteiger charge is -2.08. The van der Waals surface area contributed by atoms with Crippen molar-refractivity contribution in [3.63, 3.8) is 0 Å². The Kier molecular flexibility index (Phi) is 3.94. The first kappa shape index (κ1) is 15.3. The fraction of sp³-hybridized carbons (Fsp3) is 0.333. The van der Waals surface area contributed by atoms with E-state index in [0.717, 1.165) is 40.9 Å². The van der Waals surface area contributed by atoms with E-state index in [4.69, 9.17) is 0 Å². The highest BCUT2D eigenvalue weighted by Gasteiger charge is 2.17. The number of carbonyl (C=O) groups is 1. The summed E-state index contributed by atoms with van der Waals surface area (Å²) in [5, 5.41) is 8.52. The van der Waals surface area contributed by atoms with E-state index >= 15 is 0 Å². The molecular weight excluding hydrogens is 288 g/mol. The minimum Gasteiger partial charge on any atom is -0.351 e. The van der Waals surface area contributed by atoms with Crippen molar-refractivity contribution in [3.8, 4) is 0 Å². The molecule has 0 saturated heterocycles. The number of fused-ring (bicyclic) bond motifs is 1. The smallest absolute Gasteiger partial charge is 0.256 e. The number of anilines is 1. The lowest BCUT2D eigenvalue weighted by molar-refractivity contribution is 0.102. The van der Waals surface area contributed by atoms with Crippen molar-refractivity contribution < 1.29 is 4.79 Å². The van der Waals surface area contributed by atoms with Crippen molar-refractivity contribution in [1.29, 1.82) is 0 Å². The molecule has 3 rings (SSSR count). The Morgan fingerprint density at radius 1 is 1.26 bits per heavy atom. The maximum absolute atomic E-state index is 12.8. The molecule has 0 aliphatic rings. The number of benzene rings is 1. The Bertz CT molecular complexity index is 873. The van der Waals surface area contributed by atoms with Gasteiger partial charge in [0.05, 0.1) is 17.1 Å². The number of nitrogens with zero attached hydrogens (tertiary/aromatic N) is 3. The molecule has 0 radical (unpaired) electrons. The van der Waals surface area contributed by atoms with Crippen molar-refractivity contribution in [2.24, 2.45) is 7.05 Å². The normalized spacial score (nSPS) is 11.1. The molecule has 5 nitrogen and oxygen atoms in total. The topological polar surface area (TPSA) is 51.9 Å². The molecule has 23 heavy (non-hydrogen) atoms. The molecule has 0 unspecified atom stereocenters. The van der Waals surface area contributed by atoms with E-state index < -0.39 is 0 Å². The third-order valence-corrected chi connectivity index (χ3v) is 4.23. The Morgan fingerprint density at radius 2 is 2.04 bits per heavy atom. The van der Waals surface area contributed by atoms with Crippen LogP contribution in [0.1, 0.15) is 35.1 Å². The second-order valence-electron chi connectivity index (χ2n) is 5.89. The lowest BCUT2D eigenvalue weighted by atomic mass is 10.1. The Labute approximate surface area is 135 Å². The van der Waals surface area contributed by atoms with Gasteiger partial charge in [0, 0.05) is 36.3 Å². The summed E-state index contributed by atoms with van der Waals surface area (Å²) in [6, 6.07) is 7.77. The molecule has 2 heterocycles. The van der Waals surface area contributed by atoms with Gasteiger partial charge in [-0.05, 0) is 38.5 Å². The third kappa shape index (κ3) is 2.63. The zero-order chi connectivity index (χ0) is 16.6. The predicted molar refractivity (Wildman–Crippen MR) is 92.9 cm³/mol. The monoisotopic (exact) mass is 310 g/mol. The minimum absolute atomic E-state index is 0.0935. The highest BCUT2D eigenvalue weighted by molar-refractivity contribution is 6.13. The summed E-state index contributed by atoms with van der Waals surface area (Å²) < 4.78 is 3.97. The molecule has 0 spiro atoms. The molecule has 0 saturated carbocycles. The van der Waals surface area contributed by atoms with Crippen LogP contribution in [0, 0.1) is 13.8 Å². The van der Waals surface area contributed by atoms with Gasteiger partial charge in [-0.15, -0.1) is 0 Å². The van der Waals surface area contributed by atoms with E-state index in [2.05, 4.69) is 17.3 Å². The van der Waals surface area contributed by atoms with Crippen LogP contribution in [0.4, 0.5) is 5.69 Å². The van der Waals surface area contributed by atoms with E-state index in [1.54, 1.807) is 0 Å². The van der Waals surface area contributed by atoms with Crippen LogP contribution in [0.25, 0.3) is 10.9 Å². The van der Waals surface area contributed by atoms with Crippen LogP contribution in [0.3, 0.4) is 0 Å². The fourth-order valence-corrected chi connectivity index (χ4v) is 2.99. The molecule has 1 aromatic carbocycles. The number of nitrogens with one attached hydrogen (secondary N) is 1. The van der Waals surface area contributed by atoms with Crippen molar-refractivity contribution >= 4 is 22.5 Å². The zero-order valence-electron chi connectivity index (χ0n) is 14.1. The Balaban J connectivity index is 1.95. The number of hydrogen-bond acceptors (Lipinski definition) is 2. The number of aryl methyl sites for hydroxylation is 3. The number of carbonyl (C=O) groups excluding carboxylic acids is 1. The molecule has 1 N–H and O–H groups in total. The largest absolute Gasteiger partial charge is 0.351 e. The van der Waals surface area contributed by atoms with Gasteiger partial charge in [0.25, 0.3) is 5.91 Å². The van der Waals surface area contributed by atoms with Gasteiger partial charge >= 0.3 is 0 Å². The molecule has 1 amide bonds. The summed E-state index contributed by atoms with van der Waals surface area (Å²) in [6.07, 6.45) is 2.98. The highest BCUT2D eigenvalue weighted by atomic mass is 16.1. The summed E-state index contributed by atoms with van der Waals surface area (Å²) >= 11 is 0. The van der Waals surface area contributed by atoms with E-state index in [1.165, 1.54) is 0 Å². The van der Waals surface area contributed by atoms with Crippen LogP contribution in [0.2, 0.25) is 0 Å². The quantitative estimate of drug-likeness (QED) is 0.799. The van der Waals surface area contributed by atoms with Crippen LogP contribution >= 0.6 is 0 Å². The molecule has 5 heteroatoms. The standard InChI is InChI=1S/C18H22N4O/c1-5-10-22-13(3)17(12(2)20-22)19-18(23)15-7-6-8-16-14(15)9-11-21(16)4/h6-9,11H,5,10H2,1-4H3,(H,19,23). The van der Waals surface area contributed by atoms with Gasteiger partial charge in [-0.25, -0.2) is 0 Å². The zero-order valence-corrected chi connectivity index (χ0v) is 14.1. The maximum atomic E-state index is 12.8. The van der Waals surface area contributed by atoms with Gasteiger partial charge in [0.2, 0.25) is 0 Å². The SMILES string of the molecule is CCCn1nc(C)c(NC(=O)c2cccc3c2ccn3C)c1C. The van der Waals surface area contributed by atoms with Crippen LogP contribution in [0.15, 0.2) is 30.5 Å². The lowest BCUT2D eigenvalue weighted by Crippen LogP contribution is -2.13. The first-order valence-corrected chi connectivity index (χ1v) is 7.92. The second-order valence-corrected chi connectivity index (χ2v) is 5.89. The average molecular weight is 310 g/mol. The van der Waals surface area contributed by atoms with E-state index in [0.29, 0.717) is 5.56 Å². The molecule has 2 aromatic heterocycles. The van der Waals surface area contributed by atoms with Gasteiger partial charge in [0.15, 0.2) is 0 Å². The Morgan fingerprint density at radius 3 is 2.78 bits per heavy atom. The van der Waals surface area contributed by atoms with E-state index in [-0.39, 0.29) is 5.91 Å². The second kappa shape index (κ2) is 5.91. The minimum atomic E-state index is -0.0935. The third-order valence-electron chi connectivity index (χ3n) is 4.23. The number of amides is 1. The molecular formula is C18H22N4O. The molecule has 3 aromatic rings. The number of aromatic nitrogens is 3. The molecule has 0 bridgehead atoms. The van der Waals surface area contributed by atoms with E-state index in [1.807, 2.05) is 60.6 Å². The summed E-state index contributed by atoms with van der Waals surface area (Å²) in [6.45, 7) is 6.90. The Hall–Kier alpha value is -2.56. The fourth-order valence-electron chi connectivity index (χ4n) is 2.99. The summed E-state index contributed by atoms with van der Waals surface area (Å²) in [5.74, 6) is -0.0935. The van der Waals surface area contributed by atoms with Gasteiger partial charge in [-0.2, -0.15) is 5.10 Å². The highest BCUT2D eigenvalue weighted by Crippen LogP contribution is 2.24. The molecule has 0 fully saturated rings. The van der Waals surface area contributed by atoms with Gasteiger partial charge < -0.3 is 9.88 Å². The first-order valence-electron chi connectivity index (χ1n) is 7.92. The summed E-state index contributed by atoms with van der Waals surface area (Å²) in [7, 11) is 1.98. The first-order chi connectivity index (χ1) is 11.0. The number of hydrogen-bond donors (Lipinski definition) is 1. The van der Waals surface area contributed by atoms with Crippen LogP contribution in [-0.4, -0.2) is 20.3 Å². The summed E-state index contributed by atoms with van der Waals surface area (Å²) in [5.41, 5.74) is 4.40. The number of rotatable bonds is 4. The van der Waals surface area contributed by atoms with Crippen molar-refractivity contribution in [2.75, 3.05) is 5.32 Å². The summed E-state index contributed by atoms with van der Waals surface area (Å²) in [4.78, 5) is 12.8. The van der Waals surface area contributed by atoms with E-state index in [9.17, 15) is 4.79 Å². The van der Waals surface area contributed by atoms with Crippen molar-refractivity contribution in [3.05, 3.63) is 47.4 Å². The van der Waals surface area contributed by atoms with Gasteiger partial charge in [0.1, 0.15) is 0 Å². The van der Waals surface area contributed by atoms with Crippen molar-refractivity contribution in [2.45, 2.75) is 33.7 Å². The van der Waals surface area contributed by atoms with Gasteiger partial charge in [-0.1, -0.05) is 13.0 Å². The molecule has 0 aliphatic heterocycles. The molecule has 120 valence electrons. The molecule has 0 aliphatic carbocycles. The predicted octanol–water partition coefficient (Wildman–Crippen LogP) is 3.65. The molecule has 0 atom stereocenters. The van der Waals surface area contributed by atoms with Gasteiger partial charge in [-0.3, -0.25) is 9.48 Å².